The Morgan fingerprint density at radius 2 is 1.92 bits per heavy atom. The number of ether oxygens (including phenoxy) is 1. The van der Waals surface area contributed by atoms with Crippen LogP contribution in [0.15, 0.2) is 47.4 Å². The second-order valence-corrected chi connectivity index (χ2v) is 13.4. The zero-order chi connectivity index (χ0) is 28.0. The summed E-state index contributed by atoms with van der Waals surface area (Å²) in [6.45, 7) is 3.89. The maximum Gasteiger partial charge on any atom is 0.266 e. The lowest BCUT2D eigenvalue weighted by Gasteiger charge is -2.36. The third-order valence-corrected chi connectivity index (χ3v) is 9.77. The van der Waals surface area contributed by atoms with Crippen LogP contribution >= 0.6 is 0 Å². The molecule has 0 aliphatic carbocycles. The van der Waals surface area contributed by atoms with Gasteiger partial charge in [0.25, 0.3) is 10.1 Å². The molecule has 0 bridgehead atoms. The molecule has 3 rings (SSSR count). The van der Waals surface area contributed by atoms with Gasteiger partial charge in [0.1, 0.15) is 5.75 Å². The van der Waals surface area contributed by atoms with Crippen molar-refractivity contribution in [2.75, 3.05) is 25.2 Å². The number of amides is 1. The fraction of sp³-hybridized carbons (Fsp3) is 0.519. The van der Waals surface area contributed by atoms with Crippen molar-refractivity contribution in [3.05, 3.63) is 59.2 Å². The molecule has 1 aliphatic heterocycles. The highest BCUT2D eigenvalue weighted by atomic mass is 32.2. The van der Waals surface area contributed by atoms with Crippen LogP contribution in [-0.2, 0) is 31.2 Å². The van der Waals surface area contributed by atoms with Crippen molar-refractivity contribution in [1.29, 1.82) is 0 Å². The average Bonchev–Trinajstić information content (AvgIpc) is 2.97. The number of carbonyl (C=O) groups excluding carboxylic acids is 1. The van der Waals surface area contributed by atoms with Gasteiger partial charge in [0.2, 0.25) is 5.91 Å². The van der Waals surface area contributed by atoms with Gasteiger partial charge in [-0.25, -0.2) is 8.42 Å². The number of nitrogens with one attached hydrogen (secondary N) is 2. The van der Waals surface area contributed by atoms with Crippen molar-refractivity contribution in [3.8, 4) is 5.75 Å². The van der Waals surface area contributed by atoms with Crippen LogP contribution in [-0.4, -0.2) is 58.0 Å². The molecule has 0 aromatic heterocycles. The normalized spacial score (nSPS) is 20.8. The zero-order valence-corrected chi connectivity index (χ0v) is 23.8. The first-order valence-corrected chi connectivity index (χ1v) is 16.2. The molecule has 1 heterocycles. The third kappa shape index (κ3) is 7.56. The first-order valence-electron chi connectivity index (χ1n) is 12.9. The highest BCUT2D eigenvalue weighted by Crippen LogP contribution is 2.41. The summed E-state index contributed by atoms with van der Waals surface area (Å²) in [6, 6.07) is 12.8. The van der Waals surface area contributed by atoms with Gasteiger partial charge in [0.15, 0.2) is 9.84 Å². The maximum atomic E-state index is 13.9. The molecule has 0 saturated heterocycles. The number of methoxy groups -OCH3 is 1. The summed E-state index contributed by atoms with van der Waals surface area (Å²) < 4.78 is 64.0. The number of benzene rings is 2. The van der Waals surface area contributed by atoms with Gasteiger partial charge < -0.3 is 10.1 Å². The zero-order valence-electron chi connectivity index (χ0n) is 22.2. The SMILES string of the molecule is CCCCC1(CC)CS(=O)(=O)c2cc(CCC(=O)NCCS(=O)(=O)O)c(OC)cc2C(c2ccccc2)N1. The van der Waals surface area contributed by atoms with Crippen molar-refractivity contribution < 1.29 is 30.9 Å². The summed E-state index contributed by atoms with van der Waals surface area (Å²) in [4.78, 5) is 12.5. The van der Waals surface area contributed by atoms with E-state index in [-0.39, 0.29) is 36.1 Å². The molecule has 2 aromatic carbocycles. The predicted octanol–water partition coefficient (Wildman–Crippen LogP) is 3.44. The van der Waals surface area contributed by atoms with Gasteiger partial charge in [-0.2, -0.15) is 8.42 Å². The van der Waals surface area contributed by atoms with Crippen LogP contribution in [0.25, 0.3) is 0 Å². The second-order valence-electron chi connectivity index (χ2n) is 9.82. The van der Waals surface area contributed by atoms with E-state index in [1.807, 2.05) is 37.3 Å². The van der Waals surface area contributed by atoms with E-state index in [1.165, 1.54) is 7.11 Å². The van der Waals surface area contributed by atoms with Crippen LogP contribution in [0.4, 0.5) is 0 Å². The van der Waals surface area contributed by atoms with Crippen molar-refractivity contribution in [2.24, 2.45) is 0 Å². The number of rotatable bonds is 12. The number of aryl methyl sites for hydroxylation is 1. The van der Waals surface area contributed by atoms with Gasteiger partial charge in [0.05, 0.1) is 29.6 Å². The predicted molar refractivity (Wildman–Crippen MR) is 147 cm³/mol. The summed E-state index contributed by atoms with van der Waals surface area (Å²) >= 11 is 0. The molecule has 38 heavy (non-hydrogen) atoms. The lowest BCUT2D eigenvalue weighted by Crippen LogP contribution is -2.50. The van der Waals surface area contributed by atoms with E-state index >= 15 is 0 Å². The van der Waals surface area contributed by atoms with Crippen LogP contribution in [0.1, 0.15) is 68.7 Å². The minimum absolute atomic E-state index is 0.00354. The smallest absolute Gasteiger partial charge is 0.266 e. The number of carbonyl (C=O) groups is 1. The summed E-state index contributed by atoms with van der Waals surface area (Å²) in [5.41, 5.74) is 1.54. The van der Waals surface area contributed by atoms with Gasteiger partial charge in [-0.05, 0) is 48.1 Å². The van der Waals surface area contributed by atoms with Crippen LogP contribution < -0.4 is 15.4 Å². The molecule has 11 heteroatoms. The van der Waals surface area contributed by atoms with E-state index in [9.17, 15) is 21.6 Å². The Hall–Kier alpha value is -2.47. The highest BCUT2D eigenvalue weighted by molar-refractivity contribution is 7.91. The second kappa shape index (κ2) is 12.6. The lowest BCUT2D eigenvalue weighted by atomic mass is 9.87. The quantitative estimate of drug-likeness (QED) is 0.332. The van der Waals surface area contributed by atoms with Gasteiger partial charge in [0, 0.05) is 18.5 Å². The fourth-order valence-electron chi connectivity index (χ4n) is 4.97. The van der Waals surface area contributed by atoms with Crippen molar-refractivity contribution in [1.82, 2.24) is 10.6 Å². The number of fused-ring (bicyclic) bond motifs is 1. The number of hydrogen-bond acceptors (Lipinski definition) is 7. The van der Waals surface area contributed by atoms with E-state index in [4.69, 9.17) is 9.29 Å². The van der Waals surface area contributed by atoms with Gasteiger partial charge in [-0.1, -0.05) is 57.0 Å². The Labute approximate surface area is 226 Å². The van der Waals surface area contributed by atoms with Crippen LogP contribution in [0.3, 0.4) is 0 Å². The largest absolute Gasteiger partial charge is 0.496 e. The topological polar surface area (TPSA) is 139 Å². The molecule has 2 aromatic rings. The molecule has 2 atom stereocenters. The van der Waals surface area contributed by atoms with E-state index < -0.39 is 37.2 Å². The van der Waals surface area contributed by atoms with Gasteiger partial charge in [-0.3, -0.25) is 14.7 Å². The minimum atomic E-state index is -4.18. The minimum Gasteiger partial charge on any atom is -0.496 e. The molecule has 0 fully saturated rings. The average molecular weight is 567 g/mol. The van der Waals surface area contributed by atoms with Crippen LogP contribution in [0, 0.1) is 0 Å². The first kappa shape index (κ1) is 30.1. The molecular weight excluding hydrogens is 528 g/mol. The van der Waals surface area contributed by atoms with E-state index in [2.05, 4.69) is 17.6 Å². The molecule has 9 nitrogen and oxygen atoms in total. The molecule has 1 aliphatic rings. The summed E-state index contributed by atoms with van der Waals surface area (Å²) in [7, 11) is -6.37. The Morgan fingerprint density at radius 1 is 1.21 bits per heavy atom. The molecular formula is C27H38N2O7S2. The van der Waals surface area contributed by atoms with Gasteiger partial charge in [-0.15, -0.1) is 0 Å². The van der Waals surface area contributed by atoms with Crippen molar-refractivity contribution in [2.45, 2.75) is 68.8 Å². The summed E-state index contributed by atoms with van der Waals surface area (Å²) in [6.07, 6.45) is 3.42. The Kier molecular flexibility index (Phi) is 9.96. The Bertz CT molecular complexity index is 1330. The van der Waals surface area contributed by atoms with Crippen molar-refractivity contribution >= 4 is 25.9 Å². The Balaban J connectivity index is 2.02. The molecule has 0 radical (unpaired) electrons. The number of unbranched alkanes of at least 4 members (excludes halogenated alkanes) is 1. The van der Waals surface area contributed by atoms with Crippen molar-refractivity contribution in [3.63, 3.8) is 0 Å². The summed E-state index contributed by atoms with van der Waals surface area (Å²) in [5, 5.41) is 6.18. The molecule has 210 valence electrons. The van der Waals surface area contributed by atoms with E-state index in [0.717, 1.165) is 24.8 Å². The molecule has 2 unspecified atom stereocenters. The maximum absolute atomic E-state index is 13.9. The summed E-state index contributed by atoms with van der Waals surface area (Å²) in [5.74, 6) is -0.550. The van der Waals surface area contributed by atoms with Crippen LogP contribution in [0.2, 0.25) is 0 Å². The van der Waals surface area contributed by atoms with E-state index in [1.54, 1.807) is 12.1 Å². The number of hydrogen-bond donors (Lipinski definition) is 3. The fourth-order valence-corrected chi connectivity index (χ4v) is 7.50. The Morgan fingerprint density at radius 3 is 2.53 bits per heavy atom. The lowest BCUT2D eigenvalue weighted by molar-refractivity contribution is -0.120. The molecule has 1 amide bonds. The number of sulfone groups is 1. The highest BCUT2D eigenvalue weighted by Gasteiger charge is 2.42. The molecule has 0 saturated carbocycles. The standard InChI is InChI=1S/C27H38N2O7S2/c1-4-6-14-27(5-2)19-37(31,32)24-17-21(12-13-25(30)28-15-16-38(33,34)35)23(36-3)18-22(24)26(29-27)20-10-8-7-9-11-20/h7-11,17-18,26,29H,4-6,12-16,19H2,1-3H3,(H,28,30)(H,33,34,35). The monoisotopic (exact) mass is 566 g/mol. The molecule has 3 N–H and O–H groups in total. The third-order valence-electron chi connectivity index (χ3n) is 7.10. The van der Waals surface area contributed by atoms with Gasteiger partial charge >= 0.3 is 0 Å². The van der Waals surface area contributed by atoms with Crippen LogP contribution in [0.5, 0.6) is 5.75 Å². The first-order chi connectivity index (χ1) is 17.9. The molecule has 0 spiro atoms. The van der Waals surface area contributed by atoms with E-state index in [0.29, 0.717) is 23.3 Å².